The number of likely N-dealkylation sites (tertiary alicyclic amines) is 1. The Balaban J connectivity index is 1.52. The molecule has 0 saturated carbocycles. The number of rotatable bonds is 4. The fourth-order valence-electron chi connectivity index (χ4n) is 3.53. The molecular formula is C21H21N3O4. The molecule has 0 spiro atoms. The second kappa shape index (κ2) is 7.34. The van der Waals surface area contributed by atoms with Gasteiger partial charge in [0.1, 0.15) is 5.76 Å². The predicted octanol–water partition coefficient (Wildman–Crippen LogP) is 3.58. The number of furan rings is 1. The maximum Gasteiger partial charge on any atom is 0.286 e. The lowest BCUT2D eigenvalue weighted by atomic mass is 10.1. The molecule has 4 rings (SSSR count). The van der Waals surface area contributed by atoms with Gasteiger partial charge < -0.3 is 19.2 Å². The Hall–Kier alpha value is -3.35. The fourth-order valence-corrected chi connectivity index (χ4v) is 3.53. The molecule has 2 aromatic heterocycles. The molecule has 1 fully saturated rings. The van der Waals surface area contributed by atoms with Crippen molar-refractivity contribution in [3.63, 3.8) is 0 Å². The van der Waals surface area contributed by atoms with E-state index in [1.165, 1.54) is 0 Å². The van der Waals surface area contributed by atoms with E-state index in [2.05, 4.69) is 10.5 Å². The number of nitrogens with one attached hydrogen (secondary N) is 1. The third-order valence-electron chi connectivity index (χ3n) is 4.96. The Bertz CT molecular complexity index is 1000. The molecule has 3 heterocycles. The second-order valence-electron chi connectivity index (χ2n) is 6.85. The van der Waals surface area contributed by atoms with Gasteiger partial charge in [-0.25, -0.2) is 0 Å². The van der Waals surface area contributed by atoms with Crippen molar-refractivity contribution in [2.75, 3.05) is 13.6 Å². The zero-order valence-electron chi connectivity index (χ0n) is 15.8. The average Bonchev–Trinajstić information content (AvgIpc) is 3.47. The minimum Gasteiger partial charge on any atom is -0.451 e. The van der Waals surface area contributed by atoms with Gasteiger partial charge in [0.25, 0.3) is 11.8 Å². The fraction of sp³-hybridized carbons (Fsp3) is 0.286. The van der Waals surface area contributed by atoms with Crippen LogP contribution in [0.4, 0.5) is 0 Å². The molecule has 0 unspecified atom stereocenters. The van der Waals surface area contributed by atoms with Crippen LogP contribution in [0.25, 0.3) is 11.3 Å². The van der Waals surface area contributed by atoms with Crippen LogP contribution in [0.1, 0.15) is 51.3 Å². The predicted molar refractivity (Wildman–Crippen MR) is 102 cm³/mol. The summed E-state index contributed by atoms with van der Waals surface area (Å²) in [5, 5.41) is 6.47. The van der Waals surface area contributed by atoms with Crippen LogP contribution < -0.4 is 5.32 Å². The van der Waals surface area contributed by atoms with Crippen LogP contribution in [0, 0.1) is 6.92 Å². The molecule has 1 saturated heterocycles. The third-order valence-corrected chi connectivity index (χ3v) is 4.96. The van der Waals surface area contributed by atoms with Crippen LogP contribution >= 0.6 is 0 Å². The smallest absolute Gasteiger partial charge is 0.286 e. The Morgan fingerprint density at radius 2 is 1.96 bits per heavy atom. The van der Waals surface area contributed by atoms with Crippen LogP contribution in [0.15, 0.2) is 51.4 Å². The van der Waals surface area contributed by atoms with Crippen molar-refractivity contribution >= 4 is 11.8 Å². The highest BCUT2D eigenvalue weighted by Gasteiger charge is 2.33. The maximum absolute atomic E-state index is 13.0. The topological polar surface area (TPSA) is 88.6 Å². The van der Waals surface area contributed by atoms with Crippen molar-refractivity contribution in [3.05, 3.63) is 65.2 Å². The molecule has 1 aromatic carbocycles. The van der Waals surface area contributed by atoms with E-state index in [1.807, 2.05) is 30.0 Å². The first-order valence-corrected chi connectivity index (χ1v) is 9.23. The molecule has 0 bridgehead atoms. The van der Waals surface area contributed by atoms with Gasteiger partial charge in [0.15, 0.2) is 11.5 Å². The van der Waals surface area contributed by atoms with Gasteiger partial charge in [-0.3, -0.25) is 9.59 Å². The largest absolute Gasteiger partial charge is 0.451 e. The minimum absolute atomic E-state index is 0.0337. The molecule has 1 atom stereocenters. The van der Waals surface area contributed by atoms with Crippen molar-refractivity contribution < 1.29 is 18.5 Å². The molecule has 0 radical (unpaired) electrons. The summed E-state index contributed by atoms with van der Waals surface area (Å²) in [6.45, 7) is 2.57. The molecule has 7 nitrogen and oxygen atoms in total. The van der Waals surface area contributed by atoms with Crippen molar-refractivity contribution in [1.82, 2.24) is 15.4 Å². The van der Waals surface area contributed by atoms with E-state index in [0.717, 1.165) is 29.9 Å². The van der Waals surface area contributed by atoms with Gasteiger partial charge in [0, 0.05) is 30.8 Å². The number of benzene rings is 1. The van der Waals surface area contributed by atoms with E-state index in [9.17, 15) is 9.59 Å². The number of nitrogens with zero attached hydrogens (tertiary/aromatic N) is 2. The molecule has 0 aliphatic carbocycles. The Morgan fingerprint density at radius 3 is 2.64 bits per heavy atom. The summed E-state index contributed by atoms with van der Waals surface area (Å²) in [7, 11) is 1.55. The highest BCUT2D eigenvalue weighted by atomic mass is 16.5. The van der Waals surface area contributed by atoms with Gasteiger partial charge in [-0.1, -0.05) is 17.3 Å². The minimum atomic E-state index is -0.277. The normalized spacial score (nSPS) is 16.4. The molecule has 3 aromatic rings. The summed E-state index contributed by atoms with van der Waals surface area (Å²) < 4.78 is 11.0. The maximum atomic E-state index is 13.0. The second-order valence-corrected chi connectivity index (χ2v) is 6.85. The first-order valence-electron chi connectivity index (χ1n) is 9.23. The van der Waals surface area contributed by atoms with Crippen LogP contribution in [0.2, 0.25) is 0 Å². The van der Waals surface area contributed by atoms with Gasteiger partial charge >= 0.3 is 0 Å². The van der Waals surface area contributed by atoms with E-state index in [4.69, 9.17) is 8.94 Å². The van der Waals surface area contributed by atoms with Crippen molar-refractivity contribution in [1.29, 1.82) is 0 Å². The number of hydrogen-bond donors (Lipinski definition) is 1. The molecular weight excluding hydrogens is 358 g/mol. The van der Waals surface area contributed by atoms with Gasteiger partial charge in [0.2, 0.25) is 0 Å². The van der Waals surface area contributed by atoms with Crippen LogP contribution in [0.5, 0.6) is 0 Å². The molecule has 2 amide bonds. The number of carbonyl (C=O) groups is 2. The number of aromatic nitrogens is 1. The zero-order chi connectivity index (χ0) is 19.7. The van der Waals surface area contributed by atoms with E-state index >= 15 is 0 Å². The highest BCUT2D eigenvalue weighted by molar-refractivity contribution is 5.95. The first kappa shape index (κ1) is 18.0. The average molecular weight is 379 g/mol. The number of carbonyl (C=O) groups excluding carboxylic acids is 2. The van der Waals surface area contributed by atoms with Gasteiger partial charge in [0.05, 0.1) is 11.7 Å². The molecule has 7 heteroatoms. The van der Waals surface area contributed by atoms with Crippen molar-refractivity contribution in [2.45, 2.75) is 25.8 Å². The monoisotopic (exact) mass is 379 g/mol. The van der Waals surface area contributed by atoms with Gasteiger partial charge in [-0.2, -0.15) is 0 Å². The number of aryl methyl sites for hydroxylation is 1. The zero-order valence-corrected chi connectivity index (χ0v) is 15.8. The number of amides is 2. The van der Waals surface area contributed by atoms with Gasteiger partial charge in [-0.15, -0.1) is 0 Å². The van der Waals surface area contributed by atoms with Crippen LogP contribution in [-0.2, 0) is 0 Å². The standard InChI is InChI=1S/C21H21N3O4/c1-13-12-19(28-23-13)16-4-3-11-24(16)21(26)15-7-5-14(6-8-15)17-9-10-18(27-17)20(25)22-2/h5-10,12,16H,3-4,11H2,1-2H3,(H,22,25)/t16-/m0/s1. The lowest BCUT2D eigenvalue weighted by Crippen LogP contribution is -2.30. The Labute approximate surface area is 162 Å². The summed E-state index contributed by atoms with van der Waals surface area (Å²) in [5.74, 6) is 1.25. The lowest BCUT2D eigenvalue weighted by Gasteiger charge is -2.22. The summed E-state index contributed by atoms with van der Waals surface area (Å²) in [6.07, 6.45) is 1.80. The van der Waals surface area contributed by atoms with Crippen LogP contribution in [-0.4, -0.2) is 35.5 Å². The quantitative estimate of drug-likeness (QED) is 0.748. The number of hydrogen-bond acceptors (Lipinski definition) is 5. The summed E-state index contributed by atoms with van der Waals surface area (Å²) in [5.41, 5.74) is 2.22. The molecule has 1 aliphatic heterocycles. The molecule has 144 valence electrons. The van der Waals surface area contributed by atoms with E-state index < -0.39 is 0 Å². The summed E-state index contributed by atoms with van der Waals surface area (Å²) >= 11 is 0. The highest BCUT2D eigenvalue weighted by Crippen LogP contribution is 2.33. The van der Waals surface area contributed by atoms with E-state index in [0.29, 0.717) is 17.9 Å². The molecule has 1 N–H and O–H groups in total. The van der Waals surface area contributed by atoms with Crippen LogP contribution in [0.3, 0.4) is 0 Å². The summed E-state index contributed by atoms with van der Waals surface area (Å²) in [6, 6.07) is 12.4. The third kappa shape index (κ3) is 3.31. The van der Waals surface area contributed by atoms with E-state index in [-0.39, 0.29) is 23.6 Å². The van der Waals surface area contributed by atoms with Gasteiger partial charge in [-0.05, 0) is 44.0 Å². The molecule has 1 aliphatic rings. The SMILES string of the molecule is CNC(=O)c1ccc(-c2ccc(C(=O)N3CCC[C@H]3c3cc(C)no3)cc2)o1. The van der Waals surface area contributed by atoms with Crippen molar-refractivity contribution in [3.8, 4) is 11.3 Å². The Kier molecular flexibility index (Phi) is 4.73. The summed E-state index contributed by atoms with van der Waals surface area (Å²) in [4.78, 5) is 26.5. The first-order chi connectivity index (χ1) is 13.6. The van der Waals surface area contributed by atoms with Crippen molar-refractivity contribution in [2.24, 2.45) is 0 Å². The Morgan fingerprint density at radius 1 is 1.18 bits per heavy atom. The van der Waals surface area contributed by atoms with E-state index in [1.54, 1.807) is 31.3 Å². The lowest BCUT2D eigenvalue weighted by molar-refractivity contribution is 0.0714. The molecule has 28 heavy (non-hydrogen) atoms.